The highest BCUT2D eigenvalue weighted by molar-refractivity contribution is 6.04. The number of ketones is 1. The number of ether oxygens (including phenoxy) is 1. The maximum atomic E-state index is 12.2. The summed E-state index contributed by atoms with van der Waals surface area (Å²) in [6, 6.07) is 9.05. The number of nitrogens with zero attached hydrogens (tertiary/aromatic N) is 1. The first-order valence-corrected chi connectivity index (χ1v) is 7.64. The Morgan fingerprint density at radius 3 is 2.55 bits per heavy atom. The molecule has 0 radical (unpaired) electrons. The molecule has 1 aliphatic rings. The van der Waals surface area contributed by atoms with Crippen LogP contribution in [0.1, 0.15) is 44.0 Å². The maximum Gasteiger partial charge on any atom is 0.410 e. The van der Waals surface area contributed by atoms with E-state index in [9.17, 15) is 9.59 Å². The van der Waals surface area contributed by atoms with Crippen molar-refractivity contribution in [2.45, 2.75) is 45.3 Å². The van der Waals surface area contributed by atoms with Gasteiger partial charge in [-0.15, -0.1) is 0 Å². The van der Waals surface area contributed by atoms with E-state index in [1.54, 1.807) is 23.1 Å². The summed E-state index contributed by atoms with van der Waals surface area (Å²) >= 11 is 0. The predicted molar refractivity (Wildman–Crippen MR) is 85.9 cm³/mol. The first kappa shape index (κ1) is 16.3. The molecule has 1 heterocycles. The smallest absolute Gasteiger partial charge is 0.410 e. The second kappa shape index (κ2) is 6.77. The zero-order chi connectivity index (χ0) is 16.2. The van der Waals surface area contributed by atoms with E-state index in [-0.39, 0.29) is 17.9 Å². The lowest BCUT2D eigenvalue weighted by molar-refractivity contribution is 0.0255. The topological polar surface area (TPSA) is 46.6 Å². The molecule has 1 aromatic carbocycles. The molecule has 0 aliphatic carbocycles. The van der Waals surface area contributed by atoms with Crippen molar-refractivity contribution in [3.8, 4) is 0 Å². The molecule has 1 fully saturated rings. The molecule has 2 rings (SSSR count). The SMILES string of the molecule is CC(C)(C)OC(=O)N1CCC[C@H]1/C=C/C(=O)c1ccccc1. The van der Waals surface area contributed by atoms with Gasteiger partial charge in [0.15, 0.2) is 5.78 Å². The van der Waals surface area contributed by atoms with Gasteiger partial charge in [-0.25, -0.2) is 4.79 Å². The van der Waals surface area contributed by atoms with E-state index in [1.807, 2.05) is 45.0 Å². The van der Waals surface area contributed by atoms with Crippen LogP contribution in [0.15, 0.2) is 42.5 Å². The van der Waals surface area contributed by atoms with Crippen LogP contribution >= 0.6 is 0 Å². The summed E-state index contributed by atoms with van der Waals surface area (Å²) < 4.78 is 5.41. The van der Waals surface area contributed by atoms with E-state index in [1.165, 1.54) is 0 Å². The number of likely N-dealkylation sites (tertiary alicyclic amines) is 1. The summed E-state index contributed by atoms with van der Waals surface area (Å²) in [5.74, 6) is -0.0448. The van der Waals surface area contributed by atoms with Crippen LogP contribution in [-0.2, 0) is 4.74 Å². The Bertz CT molecular complexity index is 557. The normalized spacial score (nSPS) is 18.7. The Labute approximate surface area is 131 Å². The van der Waals surface area contributed by atoms with Gasteiger partial charge in [0.05, 0.1) is 6.04 Å². The first-order valence-electron chi connectivity index (χ1n) is 7.64. The van der Waals surface area contributed by atoms with Gasteiger partial charge in [0.2, 0.25) is 0 Å². The molecule has 0 spiro atoms. The van der Waals surface area contributed by atoms with Gasteiger partial charge in [-0.3, -0.25) is 4.79 Å². The van der Waals surface area contributed by atoms with Crippen LogP contribution in [0.4, 0.5) is 4.79 Å². The van der Waals surface area contributed by atoms with Crippen LogP contribution < -0.4 is 0 Å². The van der Waals surface area contributed by atoms with Gasteiger partial charge in [0.25, 0.3) is 0 Å². The summed E-state index contributed by atoms with van der Waals surface area (Å²) in [5, 5.41) is 0. The Morgan fingerprint density at radius 2 is 1.91 bits per heavy atom. The average Bonchev–Trinajstić information content (AvgIpc) is 2.92. The van der Waals surface area contributed by atoms with Gasteiger partial charge in [0, 0.05) is 12.1 Å². The van der Waals surface area contributed by atoms with Crippen LogP contribution in [0.3, 0.4) is 0 Å². The van der Waals surface area contributed by atoms with Crippen LogP contribution in [-0.4, -0.2) is 35.0 Å². The molecule has 0 N–H and O–H groups in total. The fraction of sp³-hybridized carbons (Fsp3) is 0.444. The fourth-order valence-corrected chi connectivity index (χ4v) is 2.44. The van der Waals surface area contributed by atoms with Crippen molar-refractivity contribution >= 4 is 11.9 Å². The largest absolute Gasteiger partial charge is 0.444 e. The van der Waals surface area contributed by atoms with Crippen molar-refractivity contribution in [1.82, 2.24) is 4.90 Å². The monoisotopic (exact) mass is 301 g/mol. The predicted octanol–water partition coefficient (Wildman–Crippen LogP) is 3.83. The summed E-state index contributed by atoms with van der Waals surface area (Å²) in [6.07, 6.45) is 4.84. The third kappa shape index (κ3) is 4.45. The van der Waals surface area contributed by atoms with E-state index in [4.69, 9.17) is 4.74 Å². The van der Waals surface area contributed by atoms with Crippen LogP contribution in [0.25, 0.3) is 0 Å². The molecular formula is C18H23NO3. The van der Waals surface area contributed by atoms with Gasteiger partial charge >= 0.3 is 6.09 Å². The van der Waals surface area contributed by atoms with Gasteiger partial charge < -0.3 is 9.64 Å². The van der Waals surface area contributed by atoms with Crippen molar-refractivity contribution in [3.05, 3.63) is 48.0 Å². The van der Waals surface area contributed by atoms with E-state index in [2.05, 4.69) is 0 Å². The summed E-state index contributed by atoms with van der Waals surface area (Å²) in [5.41, 5.74) is 0.147. The van der Waals surface area contributed by atoms with Crippen molar-refractivity contribution in [2.75, 3.05) is 6.54 Å². The van der Waals surface area contributed by atoms with E-state index >= 15 is 0 Å². The zero-order valence-electron chi connectivity index (χ0n) is 13.4. The minimum Gasteiger partial charge on any atom is -0.444 e. The maximum absolute atomic E-state index is 12.2. The van der Waals surface area contributed by atoms with Gasteiger partial charge in [-0.1, -0.05) is 36.4 Å². The third-order valence-corrected chi connectivity index (χ3v) is 3.46. The second-order valence-electron chi connectivity index (χ2n) is 6.47. The lowest BCUT2D eigenvalue weighted by Crippen LogP contribution is -2.39. The van der Waals surface area contributed by atoms with Gasteiger partial charge in [0.1, 0.15) is 5.60 Å². The minimum absolute atomic E-state index is 0.0448. The minimum atomic E-state index is -0.506. The van der Waals surface area contributed by atoms with E-state index in [0.717, 1.165) is 12.8 Å². The van der Waals surface area contributed by atoms with Crippen LogP contribution in [0.5, 0.6) is 0 Å². The zero-order valence-corrected chi connectivity index (χ0v) is 13.4. The number of carbonyl (C=O) groups excluding carboxylic acids is 2. The Hall–Kier alpha value is -2.10. The molecule has 0 saturated carbocycles. The molecule has 1 aliphatic heterocycles. The Balaban J connectivity index is 2.00. The van der Waals surface area contributed by atoms with Crippen molar-refractivity contribution in [1.29, 1.82) is 0 Å². The Kier molecular flexibility index (Phi) is 5.01. The molecule has 0 unspecified atom stereocenters. The number of benzene rings is 1. The van der Waals surface area contributed by atoms with Crippen molar-refractivity contribution < 1.29 is 14.3 Å². The molecule has 0 aromatic heterocycles. The highest BCUT2D eigenvalue weighted by Gasteiger charge is 2.30. The molecule has 4 heteroatoms. The van der Waals surface area contributed by atoms with E-state index < -0.39 is 5.60 Å². The van der Waals surface area contributed by atoms with Crippen molar-refractivity contribution in [3.63, 3.8) is 0 Å². The molecule has 0 bridgehead atoms. The first-order chi connectivity index (χ1) is 10.4. The Morgan fingerprint density at radius 1 is 1.23 bits per heavy atom. The van der Waals surface area contributed by atoms with Crippen LogP contribution in [0, 0.1) is 0 Å². The molecular weight excluding hydrogens is 278 g/mol. The van der Waals surface area contributed by atoms with Gasteiger partial charge in [-0.05, 0) is 39.7 Å². The summed E-state index contributed by atoms with van der Waals surface area (Å²) in [7, 11) is 0. The number of hydrogen-bond acceptors (Lipinski definition) is 3. The quantitative estimate of drug-likeness (QED) is 0.630. The van der Waals surface area contributed by atoms with Crippen LogP contribution in [0.2, 0.25) is 0 Å². The molecule has 1 saturated heterocycles. The molecule has 4 nitrogen and oxygen atoms in total. The second-order valence-corrected chi connectivity index (χ2v) is 6.47. The number of hydrogen-bond donors (Lipinski definition) is 0. The molecule has 118 valence electrons. The van der Waals surface area contributed by atoms with E-state index in [0.29, 0.717) is 12.1 Å². The standard InChI is InChI=1S/C18H23NO3/c1-18(2,3)22-17(21)19-13-7-10-15(19)11-12-16(20)14-8-5-4-6-9-14/h4-6,8-9,11-12,15H,7,10,13H2,1-3H3/b12-11+/t15-/m0/s1. The summed E-state index contributed by atoms with van der Waals surface area (Å²) in [4.78, 5) is 26.0. The van der Waals surface area contributed by atoms with Crippen molar-refractivity contribution in [2.24, 2.45) is 0 Å². The third-order valence-electron chi connectivity index (χ3n) is 3.46. The molecule has 1 atom stereocenters. The summed E-state index contributed by atoms with van der Waals surface area (Å²) in [6.45, 7) is 6.23. The highest BCUT2D eigenvalue weighted by Crippen LogP contribution is 2.21. The lowest BCUT2D eigenvalue weighted by Gasteiger charge is -2.27. The number of allylic oxidation sites excluding steroid dienone is 1. The average molecular weight is 301 g/mol. The molecule has 22 heavy (non-hydrogen) atoms. The number of carbonyl (C=O) groups is 2. The molecule has 1 amide bonds. The fourth-order valence-electron chi connectivity index (χ4n) is 2.44. The number of amides is 1. The highest BCUT2D eigenvalue weighted by atomic mass is 16.6. The molecule has 1 aromatic rings. The number of rotatable bonds is 3. The van der Waals surface area contributed by atoms with Gasteiger partial charge in [-0.2, -0.15) is 0 Å². The lowest BCUT2D eigenvalue weighted by atomic mass is 10.1.